The van der Waals surface area contributed by atoms with Crippen molar-refractivity contribution >= 4 is 5.91 Å². The van der Waals surface area contributed by atoms with Gasteiger partial charge in [0.2, 0.25) is 0 Å². The van der Waals surface area contributed by atoms with Gasteiger partial charge in [-0.15, -0.1) is 0 Å². The second-order valence-electron chi connectivity index (χ2n) is 6.86. The van der Waals surface area contributed by atoms with Gasteiger partial charge in [-0.25, -0.2) is 0 Å². The molecule has 6 nitrogen and oxygen atoms in total. The standard InChI is InChI=1S/C16H28N4O2/c1-6-20-14(9-13(17-20)12(2)3)15(21)19-8-7-16(22,11-19)10-18(4)5/h9,12,22H,6-8,10-11H2,1-5H3/t16-/m0/s1. The number of amides is 1. The van der Waals surface area contributed by atoms with Crippen molar-refractivity contribution in [2.45, 2.75) is 45.3 Å². The summed E-state index contributed by atoms with van der Waals surface area (Å²) in [4.78, 5) is 16.5. The second-order valence-corrected chi connectivity index (χ2v) is 6.86. The van der Waals surface area contributed by atoms with Crippen molar-refractivity contribution in [3.05, 3.63) is 17.5 Å². The average Bonchev–Trinajstić information content (AvgIpc) is 3.01. The van der Waals surface area contributed by atoms with Crippen LogP contribution in [0.1, 0.15) is 49.3 Å². The lowest BCUT2D eigenvalue weighted by Crippen LogP contribution is -2.43. The lowest BCUT2D eigenvalue weighted by atomic mass is 10.0. The fourth-order valence-electron chi connectivity index (χ4n) is 3.04. The van der Waals surface area contributed by atoms with Crippen molar-refractivity contribution in [2.24, 2.45) is 0 Å². The molecule has 0 radical (unpaired) electrons. The van der Waals surface area contributed by atoms with Crippen LogP contribution in [0.5, 0.6) is 0 Å². The summed E-state index contributed by atoms with van der Waals surface area (Å²) in [6, 6.07) is 1.89. The van der Waals surface area contributed by atoms with Gasteiger partial charge in [0.15, 0.2) is 0 Å². The molecule has 0 unspecified atom stereocenters. The predicted octanol–water partition coefficient (Wildman–Crippen LogP) is 1.16. The monoisotopic (exact) mass is 308 g/mol. The summed E-state index contributed by atoms with van der Waals surface area (Å²) >= 11 is 0. The molecule has 1 N–H and O–H groups in total. The number of likely N-dealkylation sites (tertiary alicyclic amines) is 1. The summed E-state index contributed by atoms with van der Waals surface area (Å²) < 4.78 is 1.76. The maximum absolute atomic E-state index is 12.8. The van der Waals surface area contributed by atoms with E-state index < -0.39 is 5.60 Å². The first-order valence-corrected chi connectivity index (χ1v) is 8.00. The smallest absolute Gasteiger partial charge is 0.272 e. The number of carbonyl (C=O) groups excluding carboxylic acids is 1. The summed E-state index contributed by atoms with van der Waals surface area (Å²) in [5.74, 6) is 0.263. The van der Waals surface area contributed by atoms with Crippen LogP contribution in [0.4, 0.5) is 0 Å². The van der Waals surface area contributed by atoms with Crippen LogP contribution in [0, 0.1) is 0 Å². The number of hydrogen-bond acceptors (Lipinski definition) is 4. The van der Waals surface area contributed by atoms with Gasteiger partial charge in [-0.05, 0) is 39.4 Å². The summed E-state index contributed by atoms with van der Waals surface area (Å²) in [5, 5.41) is 15.1. The van der Waals surface area contributed by atoms with Gasteiger partial charge >= 0.3 is 0 Å². The number of aromatic nitrogens is 2. The van der Waals surface area contributed by atoms with Crippen LogP contribution in [0.2, 0.25) is 0 Å². The Morgan fingerprint density at radius 1 is 1.50 bits per heavy atom. The lowest BCUT2D eigenvalue weighted by molar-refractivity contribution is 0.0234. The minimum atomic E-state index is -0.808. The normalized spacial score (nSPS) is 22.1. The first-order chi connectivity index (χ1) is 10.3. The fourth-order valence-corrected chi connectivity index (χ4v) is 3.04. The fraction of sp³-hybridized carbons (Fsp3) is 0.750. The Kier molecular flexibility index (Phi) is 4.92. The topological polar surface area (TPSA) is 61.6 Å². The Morgan fingerprint density at radius 2 is 2.18 bits per heavy atom. The minimum Gasteiger partial charge on any atom is -0.387 e. The highest BCUT2D eigenvalue weighted by Gasteiger charge is 2.39. The van der Waals surface area contributed by atoms with Crippen LogP contribution in [0.15, 0.2) is 6.07 Å². The number of rotatable bonds is 5. The molecule has 0 bridgehead atoms. The van der Waals surface area contributed by atoms with E-state index in [1.165, 1.54) is 0 Å². The molecular formula is C16H28N4O2. The Balaban J connectivity index is 2.16. The molecule has 2 heterocycles. The molecule has 1 atom stereocenters. The number of likely N-dealkylation sites (N-methyl/N-ethyl adjacent to an activating group) is 1. The number of β-amino-alcohol motifs (C(OH)–C–C–N with tert-alkyl or cyclic N) is 1. The minimum absolute atomic E-state index is 0.0315. The van der Waals surface area contributed by atoms with Gasteiger partial charge in [0.05, 0.1) is 17.8 Å². The van der Waals surface area contributed by atoms with Gasteiger partial charge < -0.3 is 14.9 Å². The molecule has 2 rings (SSSR count). The quantitative estimate of drug-likeness (QED) is 0.887. The SMILES string of the molecule is CCn1nc(C(C)C)cc1C(=O)N1CC[C@](O)(CN(C)C)C1. The van der Waals surface area contributed by atoms with Crippen LogP contribution in [0.3, 0.4) is 0 Å². The van der Waals surface area contributed by atoms with E-state index >= 15 is 0 Å². The van der Waals surface area contributed by atoms with E-state index in [1.54, 1.807) is 9.58 Å². The van der Waals surface area contributed by atoms with Crippen LogP contribution in [0.25, 0.3) is 0 Å². The number of hydrogen-bond donors (Lipinski definition) is 1. The van der Waals surface area contributed by atoms with Crippen molar-refractivity contribution in [3.8, 4) is 0 Å². The lowest BCUT2D eigenvalue weighted by Gasteiger charge is -2.26. The summed E-state index contributed by atoms with van der Waals surface area (Å²) in [6.07, 6.45) is 0.619. The van der Waals surface area contributed by atoms with Crippen molar-refractivity contribution in [2.75, 3.05) is 33.7 Å². The Labute approximate surface area is 132 Å². The van der Waals surface area contributed by atoms with Crippen molar-refractivity contribution in [3.63, 3.8) is 0 Å². The van der Waals surface area contributed by atoms with Gasteiger partial charge in [0.25, 0.3) is 5.91 Å². The maximum atomic E-state index is 12.8. The third kappa shape index (κ3) is 3.50. The number of aliphatic hydroxyl groups is 1. The first-order valence-electron chi connectivity index (χ1n) is 8.00. The third-order valence-electron chi connectivity index (χ3n) is 4.14. The number of carbonyl (C=O) groups is 1. The van der Waals surface area contributed by atoms with E-state index in [1.807, 2.05) is 32.0 Å². The van der Waals surface area contributed by atoms with E-state index in [-0.39, 0.29) is 5.91 Å². The highest BCUT2D eigenvalue weighted by molar-refractivity contribution is 5.93. The molecule has 1 fully saturated rings. The Morgan fingerprint density at radius 3 is 2.73 bits per heavy atom. The molecule has 1 aliphatic heterocycles. The molecule has 0 aliphatic carbocycles. The first kappa shape index (κ1) is 17.0. The van der Waals surface area contributed by atoms with E-state index in [4.69, 9.17) is 0 Å². The maximum Gasteiger partial charge on any atom is 0.272 e. The van der Waals surface area contributed by atoms with Crippen molar-refractivity contribution in [1.29, 1.82) is 0 Å². The van der Waals surface area contributed by atoms with Crippen molar-refractivity contribution in [1.82, 2.24) is 19.6 Å². The third-order valence-corrected chi connectivity index (χ3v) is 4.14. The molecular weight excluding hydrogens is 280 g/mol. The molecule has 22 heavy (non-hydrogen) atoms. The van der Waals surface area contributed by atoms with E-state index in [9.17, 15) is 9.90 Å². The van der Waals surface area contributed by atoms with E-state index in [2.05, 4.69) is 18.9 Å². The molecule has 1 amide bonds. The van der Waals surface area contributed by atoms with Crippen LogP contribution >= 0.6 is 0 Å². The van der Waals surface area contributed by atoms with Gasteiger partial charge in [-0.1, -0.05) is 13.8 Å². The van der Waals surface area contributed by atoms with E-state index in [0.717, 1.165) is 5.69 Å². The molecule has 1 aliphatic rings. The molecule has 124 valence electrons. The molecule has 1 saturated heterocycles. The zero-order valence-electron chi connectivity index (χ0n) is 14.3. The highest BCUT2D eigenvalue weighted by atomic mass is 16.3. The zero-order valence-corrected chi connectivity index (χ0v) is 14.3. The summed E-state index contributed by atoms with van der Waals surface area (Å²) in [5.41, 5.74) is 0.755. The largest absolute Gasteiger partial charge is 0.387 e. The van der Waals surface area contributed by atoms with Crippen molar-refractivity contribution < 1.29 is 9.90 Å². The number of aryl methyl sites for hydroxylation is 1. The Bertz CT molecular complexity index is 538. The zero-order chi connectivity index (χ0) is 16.5. The summed E-state index contributed by atoms with van der Waals surface area (Å²) in [7, 11) is 3.87. The van der Waals surface area contributed by atoms with Gasteiger partial charge in [0, 0.05) is 19.6 Å². The average molecular weight is 308 g/mol. The Hall–Kier alpha value is -1.40. The molecule has 0 aromatic carbocycles. The summed E-state index contributed by atoms with van der Waals surface area (Å²) in [6.45, 7) is 8.35. The molecule has 6 heteroatoms. The molecule has 1 aromatic heterocycles. The van der Waals surface area contributed by atoms with Gasteiger partial charge in [-0.3, -0.25) is 9.48 Å². The second kappa shape index (κ2) is 6.38. The molecule has 0 spiro atoms. The number of nitrogens with zero attached hydrogens (tertiary/aromatic N) is 4. The predicted molar refractivity (Wildman–Crippen MR) is 86.0 cm³/mol. The van der Waals surface area contributed by atoms with Crippen LogP contribution in [-0.4, -0.2) is 69.9 Å². The van der Waals surface area contributed by atoms with Gasteiger partial charge in [0.1, 0.15) is 5.69 Å². The molecule has 0 saturated carbocycles. The molecule has 1 aromatic rings. The van der Waals surface area contributed by atoms with Gasteiger partial charge in [-0.2, -0.15) is 5.10 Å². The highest BCUT2D eigenvalue weighted by Crippen LogP contribution is 2.24. The van der Waals surface area contributed by atoms with Crippen LogP contribution in [-0.2, 0) is 6.54 Å². The van der Waals surface area contributed by atoms with E-state index in [0.29, 0.717) is 44.2 Å². The van der Waals surface area contributed by atoms with Crippen LogP contribution < -0.4 is 0 Å².